The quantitative estimate of drug-likeness (QED) is 0.492. The third-order valence-corrected chi connectivity index (χ3v) is 2.18. The summed E-state index contributed by atoms with van der Waals surface area (Å²) >= 11 is 0. The van der Waals surface area contributed by atoms with E-state index in [-0.39, 0.29) is 12.5 Å². The molecular weight excluding hydrogens is 206 g/mol. The van der Waals surface area contributed by atoms with Gasteiger partial charge in [-0.05, 0) is 13.3 Å². The molecule has 0 aliphatic rings. The van der Waals surface area contributed by atoms with Gasteiger partial charge in [0.15, 0.2) is 0 Å². The summed E-state index contributed by atoms with van der Waals surface area (Å²) in [5, 5.41) is 0. The van der Waals surface area contributed by atoms with Crippen molar-refractivity contribution in [3.63, 3.8) is 0 Å². The minimum atomic E-state index is -0.408. The molecule has 0 aromatic carbocycles. The molecule has 0 fully saturated rings. The number of carbonyl (C=O) groups is 2. The minimum Gasteiger partial charge on any atom is -0.460 e. The molecule has 0 saturated heterocycles. The van der Waals surface area contributed by atoms with Gasteiger partial charge in [-0.3, -0.25) is 4.79 Å². The summed E-state index contributed by atoms with van der Waals surface area (Å²) < 4.78 is 4.90. The van der Waals surface area contributed by atoms with Gasteiger partial charge in [0.05, 0.1) is 6.54 Å². The van der Waals surface area contributed by atoms with Gasteiger partial charge in [-0.1, -0.05) is 19.9 Å². The van der Waals surface area contributed by atoms with Crippen molar-refractivity contribution in [1.29, 1.82) is 0 Å². The Bertz CT molecular complexity index is 261. The maximum absolute atomic E-state index is 11.5. The van der Waals surface area contributed by atoms with Gasteiger partial charge in [-0.25, -0.2) is 4.79 Å². The van der Waals surface area contributed by atoms with Gasteiger partial charge < -0.3 is 9.64 Å². The van der Waals surface area contributed by atoms with E-state index in [2.05, 4.69) is 6.58 Å². The van der Waals surface area contributed by atoms with Crippen molar-refractivity contribution < 1.29 is 14.3 Å². The average Bonchev–Trinajstić information content (AvgIpc) is 2.25. The van der Waals surface area contributed by atoms with Crippen molar-refractivity contribution in [1.82, 2.24) is 4.90 Å². The summed E-state index contributed by atoms with van der Waals surface area (Å²) in [6.45, 7) is 7.77. The van der Waals surface area contributed by atoms with E-state index < -0.39 is 5.97 Å². The van der Waals surface area contributed by atoms with Crippen LogP contribution in [0.5, 0.6) is 0 Å². The van der Waals surface area contributed by atoms with Crippen LogP contribution in [-0.2, 0) is 14.3 Å². The number of ether oxygens (including phenoxy) is 1. The monoisotopic (exact) mass is 227 g/mol. The van der Waals surface area contributed by atoms with Gasteiger partial charge in [0.1, 0.15) is 6.61 Å². The lowest BCUT2D eigenvalue weighted by Gasteiger charge is -2.16. The summed E-state index contributed by atoms with van der Waals surface area (Å²) in [6.07, 6.45) is 2.46. The smallest absolute Gasteiger partial charge is 0.333 e. The second kappa shape index (κ2) is 7.91. The fourth-order valence-corrected chi connectivity index (χ4v) is 1.04. The van der Waals surface area contributed by atoms with Gasteiger partial charge in [0.25, 0.3) is 0 Å². The second-order valence-electron chi connectivity index (χ2n) is 3.84. The maximum atomic E-state index is 11.5. The summed E-state index contributed by atoms with van der Waals surface area (Å²) in [5.74, 6) is -0.317. The van der Waals surface area contributed by atoms with Crippen LogP contribution in [0.15, 0.2) is 12.2 Å². The SMILES string of the molecule is C=C(C)C(=O)OCCN(C)C(=O)CCCC. The summed E-state index contributed by atoms with van der Waals surface area (Å²) in [7, 11) is 1.71. The van der Waals surface area contributed by atoms with Crippen LogP contribution in [0.2, 0.25) is 0 Å². The Morgan fingerprint density at radius 1 is 1.38 bits per heavy atom. The average molecular weight is 227 g/mol. The van der Waals surface area contributed by atoms with E-state index in [0.717, 1.165) is 12.8 Å². The molecule has 0 rings (SSSR count). The molecular formula is C12H21NO3. The number of hydrogen-bond donors (Lipinski definition) is 0. The molecule has 0 N–H and O–H groups in total. The number of hydrogen-bond acceptors (Lipinski definition) is 3. The van der Waals surface area contributed by atoms with Gasteiger partial charge in [-0.15, -0.1) is 0 Å². The first-order chi connectivity index (χ1) is 7.49. The largest absolute Gasteiger partial charge is 0.460 e. The third kappa shape index (κ3) is 6.22. The molecule has 0 unspecified atom stereocenters. The predicted molar refractivity (Wildman–Crippen MR) is 62.9 cm³/mol. The first-order valence-corrected chi connectivity index (χ1v) is 5.55. The number of unbranched alkanes of at least 4 members (excludes halogenated alkanes) is 1. The Morgan fingerprint density at radius 3 is 2.50 bits per heavy atom. The molecule has 1 amide bonds. The zero-order valence-electron chi connectivity index (χ0n) is 10.4. The van der Waals surface area contributed by atoms with Gasteiger partial charge in [0.2, 0.25) is 5.91 Å². The summed E-state index contributed by atoms with van der Waals surface area (Å²) in [4.78, 5) is 24.1. The van der Waals surface area contributed by atoms with Gasteiger partial charge in [-0.2, -0.15) is 0 Å². The lowest BCUT2D eigenvalue weighted by Crippen LogP contribution is -2.30. The van der Waals surface area contributed by atoms with E-state index in [0.29, 0.717) is 18.5 Å². The number of esters is 1. The molecule has 0 saturated carbocycles. The summed E-state index contributed by atoms with van der Waals surface area (Å²) in [6, 6.07) is 0. The van der Waals surface area contributed by atoms with Crippen molar-refractivity contribution >= 4 is 11.9 Å². The lowest BCUT2D eigenvalue weighted by atomic mass is 10.2. The lowest BCUT2D eigenvalue weighted by molar-refractivity contribution is -0.141. The molecule has 16 heavy (non-hydrogen) atoms. The first kappa shape index (κ1) is 14.7. The Kier molecular flexibility index (Phi) is 7.25. The van der Waals surface area contributed by atoms with E-state index >= 15 is 0 Å². The molecule has 4 heteroatoms. The van der Waals surface area contributed by atoms with Crippen molar-refractivity contribution in [2.24, 2.45) is 0 Å². The molecule has 0 bridgehead atoms. The van der Waals surface area contributed by atoms with E-state index in [1.807, 2.05) is 6.92 Å². The fraction of sp³-hybridized carbons (Fsp3) is 0.667. The highest BCUT2D eigenvalue weighted by Crippen LogP contribution is 1.99. The first-order valence-electron chi connectivity index (χ1n) is 5.55. The highest BCUT2D eigenvalue weighted by molar-refractivity contribution is 5.86. The van der Waals surface area contributed by atoms with E-state index in [1.54, 1.807) is 18.9 Å². The van der Waals surface area contributed by atoms with Crippen molar-refractivity contribution in [3.05, 3.63) is 12.2 Å². The molecule has 0 aromatic rings. The Hall–Kier alpha value is -1.32. The molecule has 0 radical (unpaired) electrons. The zero-order valence-corrected chi connectivity index (χ0v) is 10.4. The molecule has 0 atom stereocenters. The Labute approximate surface area is 97.3 Å². The Morgan fingerprint density at radius 2 is 2.00 bits per heavy atom. The third-order valence-electron chi connectivity index (χ3n) is 2.18. The van der Waals surface area contributed by atoms with Crippen LogP contribution in [-0.4, -0.2) is 37.0 Å². The number of carbonyl (C=O) groups excluding carboxylic acids is 2. The fourth-order valence-electron chi connectivity index (χ4n) is 1.04. The molecule has 0 aromatic heterocycles. The van der Waals surface area contributed by atoms with E-state index in [1.165, 1.54) is 0 Å². The van der Waals surface area contributed by atoms with Crippen LogP contribution in [0.3, 0.4) is 0 Å². The van der Waals surface area contributed by atoms with E-state index in [9.17, 15) is 9.59 Å². The molecule has 0 heterocycles. The van der Waals surface area contributed by atoms with E-state index in [4.69, 9.17) is 4.74 Å². The van der Waals surface area contributed by atoms with Crippen LogP contribution < -0.4 is 0 Å². The zero-order chi connectivity index (χ0) is 12.6. The topological polar surface area (TPSA) is 46.6 Å². The highest BCUT2D eigenvalue weighted by atomic mass is 16.5. The standard InChI is InChI=1S/C12H21NO3/c1-5-6-7-11(14)13(4)8-9-16-12(15)10(2)3/h2,5-9H2,1,3-4H3. The molecule has 92 valence electrons. The highest BCUT2D eigenvalue weighted by Gasteiger charge is 2.09. The molecule has 0 aliphatic carbocycles. The molecule has 0 aliphatic heterocycles. The predicted octanol–water partition coefficient (Wildman–Crippen LogP) is 1.75. The minimum absolute atomic E-state index is 0.0909. The number of amides is 1. The Balaban J connectivity index is 3.72. The molecule has 4 nitrogen and oxygen atoms in total. The van der Waals surface area contributed by atoms with Crippen LogP contribution in [0, 0.1) is 0 Å². The second-order valence-corrected chi connectivity index (χ2v) is 3.84. The number of rotatable bonds is 7. The van der Waals surface area contributed by atoms with Gasteiger partial charge >= 0.3 is 5.97 Å². The number of nitrogens with zero attached hydrogens (tertiary/aromatic N) is 1. The normalized spacial score (nSPS) is 9.69. The van der Waals surface area contributed by atoms with Crippen molar-refractivity contribution in [2.45, 2.75) is 33.1 Å². The maximum Gasteiger partial charge on any atom is 0.333 e. The van der Waals surface area contributed by atoms with Crippen molar-refractivity contribution in [2.75, 3.05) is 20.2 Å². The van der Waals surface area contributed by atoms with Crippen LogP contribution >= 0.6 is 0 Å². The molecule has 0 spiro atoms. The van der Waals surface area contributed by atoms with Crippen LogP contribution in [0.25, 0.3) is 0 Å². The van der Waals surface area contributed by atoms with Crippen LogP contribution in [0.4, 0.5) is 0 Å². The van der Waals surface area contributed by atoms with Crippen LogP contribution in [0.1, 0.15) is 33.1 Å². The van der Waals surface area contributed by atoms with Crippen molar-refractivity contribution in [3.8, 4) is 0 Å². The number of likely N-dealkylation sites (N-methyl/N-ethyl adjacent to an activating group) is 1. The summed E-state index contributed by atoms with van der Waals surface area (Å²) in [5.41, 5.74) is 0.375. The van der Waals surface area contributed by atoms with Gasteiger partial charge in [0, 0.05) is 19.0 Å².